The van der Waals surface area contributed by atoms with Crippen LogP contribution in [0.25, 0.3) is 0 Å². The lowest BCUT2D eigenvalue weighted by Crippen LogP contribution is -2.41. The summed E-state index contributed by atoms with van der Waals surface area (Å²) in [5, 5.41) is 3.54. The Morgan fingerprint density at radius 3 is 2.44 bits per heavy atom. The molecule has 6 nitrogen and oxygen atoms in total. The SMILES string of the molecule is COCCNC(=O)CN(Cc1cccc(Cl)c1)S(=O)(=O)c1ccc(Cl)cc1. The normalized spacial score (nSPS) is 11.6. The Kier molecular flexibility index (Phi) is 8.07. The minimum Gasteiger partial charge on any atom is -0.383 e. The fourth-order valence-electron chi connectivity index (χ4n) is 2.33. The van der Waals surface area contributed by atoms with Crippen molar-refractivity contribution in [2.45, 2.75) is 11.4 Å². The molecule has 0 aliphatic heterocycles. The Morgan fingerprint density at radius 1 is 1.11 bits per heavy atom. The molecule has 0 spiro atoms. The Hall–Kier alpha value is -1.64. The molecule has 0 unspecified atom stereocenters. The molecule has 2 aromatic carbocycles. The average molecular weight is 431 g/mol. The van der Waals surface area contributed by atoms with Gasteiger partial charge < -0.3 is 10.1 Å². The van der Waals surface area contributed by atoms with Crippen molar-refractivity contribution in [2.75, 3.05) is 26.8 Å². The fourth-order valence-corrected chi connectivity index (χ4v) is 4.05. The van der Waals surface area contributed by atoms with Crippen LogP contribution in [0.3, 0.4) is 0 Å². The molecule has 0 atom stereocenters. The second kappa shape index (κ2) is 10.1. The van der Waals surface area contributed by atoms with Crippen LogP contribution in [-0.4, -0.2) is 45.4 Å². The molecule has 27 heavy (non-hydrogen) atoms. The number of halogens is 2. The van der Waals surface area contributed by atoms with Crippen LogP contribution in [0.2, 0.25) is 10.0 Å². The summed E-state index contributed by atoms with van der Waals surface area (Å²) in [5.74, 6) is -0.424. The first kappa shape index (κ1) is 21.7. The summed E-state index contributed by atoms with van der Waals surface area (Å²) in [6.45, 7) is 0.301. The van der Waals surface area contributed by atoms with Crippen molar-refractivity contribution in [2.24, 2.45) is 0 Å². The van der Waals surface area contributed by atoms with Crippen molar-refractivity contribution >= 4 is 39.1 Å². The lowest BCUT2D eigenvalue weighted by molar-refractivity contribution is -0.121. The number of sulfonamides is 1. The molecule has 9 heteroatoms. The second-order valence-corrected chi connectivity index (χ2v) is 8.51. The minimum absolute atomic E-state index is 0.00319. The molecule has 1 amide bonds. The topological polar surface area (TPSA) is 75.7 Å². The summed E-state index contributed by atoms with van der Waals surface area (Å²) < 4.78 is 32.1. The van der Waals surface area contributed by atoms with E-state index in [4.69, 9.17) is 27.9 Å². The number of carbonyl (C=O) groups excluding carboxylic acids is 1. The molecular weight excluding hydrogens is 411 g/mol. The van der Waals surface area contributed by atoms with Gasteiger partial charge in [0.1, 0.15) is 0 Å². The van der Waals surface area contributed by atoms with Crippen molar-refractivity contribution in [3.63, 3.8) is 0 Å². The molecule has 0 fully saturated rings. The van der Waals surface area contributed by atoms with Gasteiger partial charge in [-0.05, 0) is 42.0 Å². The maximum atomic E-state index is 13.0. The molecule has 0 heterocycles. The van der Waals surface area contributed by atoms with Crippen molar-refractivity contribution < 1.29 is 17.9 Å². The van der Waals surface area contributed by atoms with Gasteiger partial charge in [-0.3, -0.25) is 4.79 Å². The molecule has 2 aromatic rings. The third-order valence-electron chi connectivity index (χ3n) is 3.65. The number of nitrogens with one attached hydrogen (secondary N) is 1. The van der Waals surface area contributed by atoms with Gasteiger partial charge in [0.25, 0.3) is 0 Å². The van der Waals surface area contributed by atoms with Crippen LogP contribution in [0.1, 0.15) is 5.56 Å². The minimum atomic E-state index is -3.92. The van der Waals surface area contributed by atoms with Gasteiger partial charge in [0, 0.05) is 30.2 Å². The molecular formula is C18H20Cl2N2O4S. The predicted octanol–water partition coefficient (Wildman–Crippen LogP) is 2.95. The molecule has 0 aliphatic rings. The average Bonchev–Trinajstić information content (AvgIpc) is 2.62. The van der Waals surface area contributed by atoms with E-state index in [9.17, 15) is 13.2 Å². The Balaban J connectivity index is 2.27. The summed E-state index contributed by atoms with van der Waals surface area (Å²) in [7, 11) is -2.40. The smallest absolute Gasteiger partial charge is 0.243 e. The van der Waals surface area contributed by atoms with E-state index in [0.717, 1.165) is 4.31 Å². The van der Waals surface area contributed by atoms with E-state index < -0.39 is 15.9 Å². The van der Waals surface area contributed by atoms with E-state index in [1.807, 2.05) is 0 Å². The Labute approximate surface area is 169 Å². The number of methoxy groups -OCH3 is 1. The zero-order valence-electron chi connectivity index (χ0n) is 14.7. The summed E-state index contributed by atoms with van der Waals surface area (Å²) in [5.41, 5.74) is 0.671. The van der Waals surface area contributed by atoms with Crippen molar-refractivity contribution in [1.29, 1.82) is 0 Å². The summed E-state index contributed by atoms with van der Waals surface area (Å²) in [6, 6.07) is 12.6. The highest BCUT2D eigenvalue weighted by Gasteiger charge is 2.27. The van der Waals surface area contributed by atoms with Crippen molar-refractivity contribution in [3.8, 4) is 0 Å². The molecule has 0 saturated heterocycles. The molecule has 0 aliphatic carbocycles. The first-order valence-corrected chi connectivity index (χ1v) is 10.3. The van der Waals surface area contributed by atoms with Gasteiger partial charge in [-0.2, -0.15) is 4.31 Å². The summed E-state index contributed by atoms with van der Waals surface area (Å²) in [6.07, 6.45) is 0. The second-order valence-electron chi connectivity index (χ2n) is 5.70. The van der Waals surface area contributed by atoms with Gasteiger partial charge >= 0.3 is 0 Å². The van der Waals surface area contributed by atoms with Crippen LogP contribution in [0.5, 0.6) is 0 Å². The first-order valence-electron chi connectivity index (χ1n) is 8.08. The first-order chi connectivity index (χ1) is 12.8. The Bertz CT molecular complexity index is 873. The lowest BCUT2D eigenvalue weighted by Gasteiger charge is -2.22. The molecule has 0 radical (unpaired) electrons. The number of amides is 1. The molecule has 146 valence electrons. The van der Waals surface area contributed by atoms with Crippen molar-refractivity contribution in [3.05, 3.63) is 64.1 Å². The quantitative estimate of drug-likeness (QED) is 0.620. The van der Waals surface area contributed by atoms with Gasteiger partial charge in [0.05, 0.1) is 18.0 Å². The molecule has 0 saturated carbocycles. The van der Waals surface area contributed by atoms with Crippen molar-refractivity contribution in [1.82, 2.24) is 9.62 Å². The molecule has 1 N–H and O–H groups in total. The van der Waals surface area contributed by atoms with Gasteiger partial charge in [-0.1, -0.05) is 35.3 Å². The van der Waals surface area contributed by atoms with E-state index in [-0.39, 0.29) is 18.0 Å². The van der Waals surface area contributed by atoms with Crippen LogP contribution < -0.4 is 5.32 Å². The lowest BCUT2D eigenvalue weighted by atomic mass is 10.2. The van der Waals surface area contributed by atoms with Crippen LogP contribution in [0.4, 0.5) is 0 Å². The zero-order chi connectivity index (χ0) is 19.9. The van der Waals surface area contributed by atoms with Crippen LogP contribution in [0.15, 0.2) is 53.4 Å². The highest BCUT2D eigenvalue weighted by Crippen LogP contribution is 2.21. The van der Waals surface area contributed by atoms with Crippen LogP contribution in [0, 0.1) is 0 Å². The largest absolute Gasteiger partial charge is 0.383 e. The van der Waals surface area contributed by atoms with E-state index >= 15 is 0 Å². The Morgan fingerprint density at radius 2 is 1.81 bits per heavy atom. The van der Waals surface area contributed by atoms with Gasteiger partial charge in [-0.15, -0.1) is 0 Å². The zero-order valence-corrected chi connectivity index (χ0v) is 17.0. The highest BCUT2D eigenvalue weighted by molar-refractivity contribution is 7.89. The highest BCUT2D eigenvalue weighted by atomic mass is 35.5. The molecule has 0 bridgehead atoms. The number of hydrogen-bond donors (Lipinski definition) is 1. The van der Waals surface area contributed by atoms with Gasteiger partial charge in [-0.25, -0.2) is 8.42 Å². The van der Waals surface area contributed by atoms with Crippen LogP contribution in [-0.2, 0) is 26.1 Å². The molecule has 0 aromatic heterocycles. The summed E-state index contributed by atoms with van der Waals surface area (Å²) in [4.78, 5) is 12.3. The standard InChI is InChI=1S/C18H20Cl2N2O4S/c1-26-10-9-21-18(23)13-22(12-14-3-2-4-16(20)11-14)27(24,25)17-7-5-15(19)6-8-17/h2-8,11H,9-10,12-13H2,1H3,(H,21,23). The van der Waals surface area contributed by atoms with Crippen LogP contribution >= 0.6 is 23.2 Å². The van der Waals surface area contributed by atoms with E-state index in [2.05, 4.69) is 5.32 Å². The predicted molar refractivity (Wildman–Crippen MR) is 105 cm³/mol. The number of hydrogen-bond acceptors (Lipinski definition) is 4. The molecule has 2 rings (SSSR count). The third-order valence-corrected chi connectivity index (χ3v) is 5.94. The maximum absolute atomic E-state index is 13.0. The number of benzene rings is 2. The number of ether oxygens (including phenoxy) is 1. The fraction of sp³-hybridized carbons (Fsp3) is 0.278. The maximum Gasteiger partial charge on any atom is 0.243 e. The van der Waals surface area contributed by atoms with E-state index in [0.29, 0.717) is 28.8 Å². The number of carbonyl (C=O) groups is 1. The van der Waals surface area contributed by atoms with E-state index in [1.165, 1.54) is 31.4 Å². The van der Waals surface area contributed by atoms with E-state index in [1.54, 1.807) is 24.3 Å². The monoisotopic (exact) mass is 430 g/mol. The number of rotatable bonds is 9. The third kappa shape index (κ3) is 6.48. The number of nitrogens with zero attached hydrogens (tertiary/aromatic N) is 1. The van der Waals surface area contributed by atoms with Gasteiger partial charge in [0.15, 0.2) is 0 Å². The van der Waals surface area contributed by atoms with Gasteiger partial charge in [0.2, 0.25) is 15.9 Å². The summed E-state index contributed by atoms with van der Waals surface area (Å²) >= 11 is 11.8.